The third-order valence-electron chi connectivity index (χ3n) is 5.05. The van der Waals surface area contributed by atoms with Crippen molar-refractivity contribution >= 4 is 28.9 Å². The molecule has 0 saturated heterocycles. The highest BCUT2D eigenvalue weighted by molar-refractivity contribution is 6.30. The van der Waals surface area contributed by atoms with Crippen LogP contribution in [0.2, 0.25) is 5.02 Å². The monoisotopic (exact) mass is 485 g/mol. The lowest BCUT2D eigenvalue weighted by Gasteiger charge is -2.18. The van der Waals surface area contributed by atoms with Gasteiger partial charge in [-0.2, -0.15) is 0 Å². The van der Waals surface area contributed by atoms with E-state index < -0.39 is 5.82 Å². The average Bonchev–Trinajstić information content (AvgIpc) is 2.84. The molecule has 0 spiro atoms. The van der Waals surface area contributed by atoms with Crippen LogP contribution in [0.5, 0.6) is 5.75 Å². The summed E-state index contributed by atoms with van der Waals surface area (Å²) in [5.74, 6) is -0.0872. The lowest BCUT2D eigenvalue weighted by atomic mass is 10.1. The van der Waals surface area contributed by atoms with Gasteiger partial charge in [-0.1, -0.05) is 37.1 Å². The van der Waals surface area contributed by atoms with Crippen LogP contribution in [0.3, 0.4) is 0 Å². The van der Waals surface area contributed by atoms with Crippen LogP contribution in [-0.4, -0.2) is 38.5 Å². The van der Waals surface area contributed by atoms with Gasteiger partial charge in [-0.05, 0) is 87.2 Å². The summed E-state index contributed by atoms with van der Waals surface area (Å²) >= 11 is 5.84. The highest BCUT2D eigenvalue weighted by atomic mass is 35.5. The zero-order valence-corrected chi connectivity index (χ0v) is 21.0. The van der Waals surface area contributed by atoms with Crippen LogP contribution in [0, 0.1) is 5.82 Å². The molecule has 0 atom stereocenters. The molecular formula is C27H33ClFN3O2. The van der Waals surface area contributed by atoms with Gasteiger partial charge in [-0.15, -0.1) is 0 Å². The first-order chi connectivity index (χ1) is 16.2. The third-order valence-corrected chi connectivity index (χ3v) is 5.31. The van der Waals surface area contributed by atoms with Crippen molar-refractivity contribution in [2.75, 3.05) is 38.3 Å². The summed E-state index contributed by atoms with van der Waals surface area (Å²) in [6, 6.07) is 18.4. The maximum absolute atomic E-state index is 13.6. The molecule has 5 nitrogen and oxygen atoms in total. The number of halogens is 2. The van der Waals surface area contributed by atoms with Crippen LogP contribution in [0.1, 0.15) is 35.7 Å². The zero-order valence-electron chi connectivity index (χ0n) is 20.2. The van der Waals surface area contributed by atoms with Crippen molar-refractivity contribution in [1.82, 2.24) is 4.90 Å². The lowest BCUT2D eigenvalue weighted by Crippen LogP contribution is -2.26. The molecule has 0 saturated carbocycles. The van der Waals surface area contributed by atoms with E-state index in [2.05, 4.69) is 25.9 Å². The first kappa shape index (κ1) is 27.2. The van der Waals surface area contributed by atoms with E-state index in [1.54, 1.807) is 49.5 Å². The van der Waals surface area contributed by atoms with Crippen molar-refractivity contribution in [1.29, 1.82) is 0 Å². The molecule has 0 radical (unpaired) electrons. The normalized spacial score (nSPS) is 10.4. The van der Waals surface area contributed by atoms with Crippen LogP contribution < -0.4 is 15.4 Å². The molecule has 0 aliphatic carbocycles. The number of nitrogens with two attached hydrogens (primary N) is 1. The van der Waals surface area contributed by atoms with Crippen LogP contribution in [-0.2, 0) is 6.61 Å². The molecule has 3 aromatic rings. The Balaban J connectivity index is 0.000000509. The maximum Gasteiger partial charge on any atom is 0.258 e. The van der Waals surface area contributed by atoms with E-state index in [9.17, 15) is 9.18 Å². The molecule has 2 N–H and O–H groups in total. The van der Waals surface area contributed by atoms with Gasteiger partial charge in [0.2, 0.25) is 0 Å². The molecule has 7 heteroatoms. The Bertz CT molecular complexity index is 1040. The van der Waals surface area contributed by atoms with Gasteiger partial charge in [-0.3, -0.25) is 4.79 Å². The van der Waals surface area contributed by atoms with Gasteiger partial charge in [0.1, 0.15) is 18.2 Å². The van der Waals surface area contributed by atoms with Gasteiger partial charge in [-0.25, -0.2) is 4.39 Å². The summed E-state index contributed by atoms with van der Waals surface area (Å²) in [6.07, 6.45) is 2.63. The van der Waals surface area contributed by atoms with E-state index in [4.69, 9.17) is 22.1 Å². The van der Waals surface area contributed by atoms with E-state index in [0.717, 1.165) is 5.56 Å². The van der Waals surface area contributed by atoms with Crippen molar-refractivity contribution in [3.05, 3.63) is 88.7 Å². The largest absolute Gasteiger partial charge is 0.489 e. The molecule has 0 aliphatic heterocycles. The van der Waals surface area contributed by atoms with Gasteiger partial charge in [0.25, 0.3) is 5.91 Å². The Labute approximate surface area is 206 Å². The molecule has 3 aromatic carbocycles. The Morgan fingerprint density at radius 1 is 1.00 bits per heavy atom. The Kier molecular flexibility index (Phi) is 10.8. The summed E-state index contributed by atoms with van der Waals surface area (Å²) in [5, 5.41) is 0.648. The molecule has 3 rings (SSSR count). The standard InChI is InChI=1S/C21H18ClFN2O2.C6H15N/c1-25(17-8-11-20(24)19(23)12-17)21(26)15-4-2-14(3-5-15)13-27-18-9-6-16(22)7-10-18;1-4-5-6-7(2)3/h2-12H,13,24H2,1H3;4-6H2,1-3H3. The predicted octanol–water partition coefficient (Wildman–Crippen LogP) is 6.27. The van der Waals surface area contributed by atoms with E-state index >= 15 is 0 Å². The number of unbranched alkanes of at least 4 members (excludes halogenated alkanes) is 1. The number of nitrogens with zero attached hydrogens (tertiary/aromatic N) is 2. The van der Waals surface area contributed by atoms with Gasteiger partial charge in [0.05, 0.1) is 5.69 Å². The molecule has 182 valence electrons. The number of amides is 1. The number of hydrogen-bond acceptors (Lipinski definition) is 4. The number of ether oxygens (including phenoxy) is 1. The number of carbonyl (C=O) groups excluding carboxylic acids is 1. The van der Waals surface area contributed by atoms with E-state index in [-0.39, 0.29) is 11.6 Å². The minimum absolute atomic E-state index is 0.0460. The zero-order chi connectivity index (χ0) is 25.1. The molecule has 0 heterocycles. The van der Waals surface area contributed by atoms with Crippen molar-refractivity contribution in [3.63, 3.8) is 0 Å². The SMILES string of the molecule is CCCCN(C)C.CN(C(=O)c1ccc(COc2ccc(Cl)cc2)cc1)c1ccc(N)c(F)c1. The van der Waals surface area contributed by atoms with E-state index in [1.165, 1.54) is 36.4 Å². The number of hydrogen-bond donors (Lipinski definition) is 1. The summed E-state index contributed by atoms with van der Waals surface area (Å²) < 4.78 is 19.3. The number of nitrogen functional groups attached to an aromatic ring is 1. The molecule has 0 aliphatic rings. The van der Waals surface area contributed by atoms with Crippen LogP contribution in [0.4, 0.5) is 15.8 Å². The molecule has 0 unspecified atom stereocenters. The summed E-state index contributed by atoms with van der Waals surface area (Å²) in [7, 11) is 5.80. The lowest BCUT2D eigenvalue weighted by molar-refractivity contribution is 0.0993. The fourth-order valence-corrected chi connectivity index (χ4v) is 3.08. The number of carbonyl (C=O) groups is 1. The van der Waals surface area contributed by atoms with Crippen molar-refractivity contribution in [2.24, 2.45) is 0 Å². The van der Waals surface area contributed by atoms with Crippen molar-refractivity contribution < 1.29 is 13.9 Å². The topological polar surface area (TPSA) is 58.8 Å². The molecule has 0 aromatic heterocycles. The fourth-order valence-electron chi connectivity index (χ4n) is 2.95. The maximum atomic E-state index is 13.6. The smallest absolute Gasteiger partial charge is 0.258 e. The quantitative estimate of drug-likeness (QED) is 0.382. The first-order valence-electron chi connectivity index (χ1n) is 11.2. The Morgan fingerprint density at radius 2 is 1.65 bits per heavy atom. The van der Waals surface area contributed by atoms with Crippen LogP contribution >= 0.6 is 11.6 Å². The summed E-state index contributed by atoms with van der Waals surface area (Å²) in [4.78, 5) is 16.2. The fraction of sp³-hybridized carbons (Fsp3) is 0.296. The van der Waals surface area contributed by atoms with E-state index in [1.807, 2.05) is 12.1 Å². The van der Waals surface area contributed by atoms with E-state index in [0.29, 0.717) is 28.6 Å². The van der Waals surface area contributed by atoms with Crippen LogP contribution in [0.25, 0.3) is 0 Å². The number of anilines is 2. The Hall–Kier alpha value is -3.09. The minimum Gasteiger partial charge on any atom is -0.489 e. The highest BCUT2D eigenvalue weighted by Crippen LogP contribution is 2.21. The van der Waals surface area contributed by atoms with Crippen LogP contribution in [0.15, 0.2) is 66.7 Å². The van der Waals surface area contributed by atoms with Gasteiger partial charge >= 0.3 is 0 Å². The first-order valence-corrected chi connectivity index (χ1v) is 11.5. The van der Waals surface area contributed by atoms with Gasteiger partial charge in [0.15, 0.2) is 0 Å². The van der Waals surface area contributed by atoms with Crippen molar-refractivity contribution in [3.8, 4) is 5.75 Å². The molecule has 0 bridgehead atoms. The third kappa shape index (κ3) is 8.69. The minimum atomic E-state index is -0.554. The number of rotatable bonds is 8. The molecule has 0 fully saturated rings. The molecule has 34 heavy (non-hydrogen) atoms. The van der Waals surface area contributed by atoms with Crippen molar-refractivity contribution in [2.45, 2.75) is 26.4 Å². The van der Waals surface area contributed by atoms with Gasteiger partial charge in [0, 0.05) is 23.3 Å². The second kappa shape index (κ2) is 13.6. The molecular weight excluding hydrogens is 453 g/mol. The number of benzene rings is 3. The second-order valence-electron chi connectivity index (χ2n) is 8.17. The highest BCUT2D eigenvalue weighted by Gasteiger charge is 2.14. The molecule has 1 amide bonds. The van der Waals surface area contributed by atoms with Gasteiger partial charge < -0.3 is 20.3 Å². The summed E-state index contributed by atoms with van der Waals surface area (Å²) in [5.41, 5.74) is 7.36. The Morgan fingerprint density at radius 3 is 2.18 bits per heavy atom. The predicted molar refractivity (Wildman–Crippen MR) is 139 cm³/mol. The second-order valence-corrected chi connectivity index (χ2v) is 8.60. The average molecular weight is 486 g/mol. The summed E-state index contributed by atoms with van der Waals surface area (Å²) in [6.45, 7) is 3.81.